The Bertz CT molecular complexity index is 1250. The molecule has 0 saturated carbocycles. The van der Waals surface area contributed by atoms with Crippen LogP contribution in [0.2, 0.25) is 0 Å². The predicted molar refractivity (Wildman–Crippen MR) is 126 cm³/mol. The van der Waals surface area contributed by atoms with Gasteiger partial charge in [0.1, 0.15) is 5.00 Å². The zero-order valence-corrected chi connectivity index (χ0v) is 20.0. The summed E-state index contributed by atoms with van der Waals surface area (Å²) in [4.78, 5) is 59.0. The molecule has 13 heteroatoms. The maximum absolute atomic E-state index is 12.2. The van der Waals surface area contributed by atoms with Gasteiger partial charge in [0, 0.05) is 17.8 Å². The number of carbonyl (C=O) groups is 5. The molecular weight excluding hydrogens is 496 g/mol. The highest BCUT2D eigenvalue weighted by Gasteiger charge is 2.31. The zero-order valence-electron chi connectivity index (χ0n) is 19.2. The van der Waals surface area contributed by atoms with Gasteiger partial charge in [0.2, 0.25) is 5.78 Å². The summed E-state index contributed by atoms with van der Waals surface area (Å²) in [5.41, 5.74) is 0.762. The summed E-state index contributed by atoms with van der Waals surface area (Å²) in [7, 11) is 2.97. The van der Waals surface area contributed by atoms with E-state index >= 15 is 0 Å². The van der Waals surface area contributed by atoms with Crippen molar-refractivity contribution in [1.29, 1.82) is 0 Å². The number of carboxylic acids is 2. The predicted octanol–water partition coefficient (Wildman–Crippen LogP) is 1.33. The molecule has 0 bridgehead atoms. The molecule has 1 aliphatic heterocycles. The number of carbonyl (C=O) groups excluding carboxylic acids is 3. The number of methoxy groups -OCH3 is 2. The number of aromatic carboxylic acids is 1. The summed E-state index contributed by atoms with van der Waals surface area (Å²) in [5.74, 6) is -5.15. The summed E-state index contributed by atoms with van der Waals surface area (Å²) < 4.78 is 16.0. The van der Waals surface area contributed by atoms with Gasteiger partial charge in [-0.1, -0.05) is 12.1 Å². The molecule has 2 aromatic rings. The molecule has 0 saturated heterocycles. The Labute approximate surface area is 208 Å². The van der Waals surface area contributed by atoms with Gasteiger partial charge in [-0.3, -0.25) is 14.4 Å². The van der Waals surface area contributed by atoms with E-state index < -0.39 is 35.6 Å². The van der Waals surface area contributed by atoms with Gasteiger partial charge in [-0.25, -0.2) is 9.59 Å². The van der Waals surface area contributed by atoms with Crippen molar-refractivity contribution in [3.05, 3.63) is 45.8 Å². The van der Waals surface area contributed by atoms with Gasteiger partial charge < -0.3 is 35.1 Å². The number of nitrogens with one attached hydrogen (secondary N) is 2. The minimum atomic E-state index is -1.75. The molecule has 12 nitrogen and oxygen atoms in total. The van der Waals surface area contributed by atoms with E-state index in [1.54, 1.807) is 18.2 Å². The number of ketones is 1. The molecule has 1 aromatic heterocycles. The van der Waals surface area contributed by atoms with Crippen molar-refractivity contribution in [2.45, 2.75) is 19.1 Å². The fraction of sp³-hybridized carbons (Fsp3) is 0.261. The second kappa shape index (κ2) is 11.5. The van der Waals surface area contributed by atoms with Crippen LogP contribution in [-0.2, 0) is 36.9 Å². The molecule has 1 aliphatic rings. The zero-order chi connectivity index (χ0) is 26.4. The summed E-state index contributed by atoms with van der Waals surface area (Å²) >= 11 is 0.908. The Morgan fingerprint density at radius 2 is 1.83 bits per heavy atom. The number of carboxylic acid groups (broad SMARTS) is 2. The Kier molecular flexibility index (Phi) is 8.40. The van der Waals surface area contributed by atoms with Crippen molar-refractivity contribution >= 4 is 52.0 Å². The first-order valence-corrected chi connectivity index (χ1v) is 11.2. The molecule has 1 unspecified atom stereocenters. The van der Waals surface area contributed by atoms with E-state index in [1.165, 1.54) is 20.3 Å². The highest BCUT2D eigenvalue weighted by Crippen LogP contribution is 2.37. The van der Waals surface area contributed by atoms with Crippen LogP contribution >= 0.6 is 11.3 Å². The van der Waals surface area contributed by atoms with Crippen molar-refractivity contribution in [3.63, 3.8) is 0 Å². The van der Waals surface area contributed by atoms with Crippen LogP contribution in [0.5, 0.6) is 11.5 Å². The first-order valence-electron chi connectivity index (χ1n) is 10.4. The van der Waals surface area contributed by atoms with E-state index in [9.17, 15) is 29.1 Å². The number of anilines is 1. The van der Waals surface area contributed by atoms with Crippen LogP contribution in [0.3, 0.4) is 0 Å². The van der Waals surface area contributed by atoms with Gasteiger partial charge in [-0.05, 0) is 29.3 Å². The average Bonchev–Trinajstić information content (AvgIpc) is 3.22. The molecule has 0 radical (unpaired) electrons. The Hall–Kier alpha value is -4.23. The molecule has 0 aliphatic carbocycles. The highest BCUT2D eigenvalue weighted by atomic mass is 32.1. The molecule has 0 fully saturated rings. The van der Waals surface area contributed by atoms with E-state index in [4.69, 9.17) is 19.3 Å². The number of ether oxygens (including phenoxy) is 3. The molecule has 0 spiro atoms. The fourth-order valence-corrected chi connectivity index (χ4v) is 4.56. The van der Waals surface area contributed by atoms with Crippen molar-refractivity contribution < 1.29 is 48.4 Å². The minimum Gasteiger partial charge on any atom is -0.493 e. The van der Waals surface area contributed by atoms with E-state index in [1.807, 2.05) is 0 Å². The maximum Gasteiger partial charge on any atom is 0.394 e. The number of amides is 2. The van der Waals surface area contributed by atoms with Gasteiger partial charge in [-0.15, -0.1) is 11.3 Å². The quantitative estimate of drug-likeness (QED) is 0.280. The second-order valence-electron chi connectivity index (χ2n) is 7.43. The van der Waals surface area contributed by atoms with E-state index in [0.717, 1.165) is 17.4 Å². The van der Waals surface area contributed by atoms with Crippen molar-refractivity contribution in [2.75, 3.05) is 26.1 Å². The van der Waals surface area contributed by atoms with Crippen LogP contribution in [0, 0.1) is 0 Å². The van der Waals surface area contributed by atoms with Crippen LogP contribution in [0.15, 0.2) is 24.3 Å². The van der Waals surface area contributed by atoms with Crippen molar-refractivity contribution in [3.8, 4) is 11.5 Å². The number of thiophene rings is 1. The lowest BCUT2D eigenvalue weighted by molar-refractivity contribution is -0.147. The lowest BCUT2D eigenvalue weighted by Crippen LogP contribution is -2.39. The summed E-state index contributed by atoms with van der Waals surface area (Å²) in [6.07, 6.45) is 1.99. The number of aliphatic carboxylic acids is 1. The number of hydrogen-bond donors (Lipinski definition) is 4. The molecule has 1 atom stereocenters. The van der Waals surface area contributed by atoms with Gasteiger partial charge in [-0.2, -0.15) is 0 Å². The molecule has 190 valence electrons. The normalized spacial score (nSPS) is 14.6. The van der Waals surface area contributed by atoms with E-state index in [0.29, 0.717) is 27.5 Å². The minimum absolute atomic E-state index is 0.00306. The SMILES string of the molecule is COc1ccc(C=CC(=O)C(=O)NCC2Cc3c(sc(NC(=O)C(=O)O)c3C(=O)O)CO2)cc1OC. The first kappa shape index (κ1) is 26.4. The molecule has 3 rings (SSSR count). The first-order chi connectivity index (χ1) is 17.1. The lowest BCUT2D eigenvalue weighted by Gasteiger charge is -2.23. The fourth-order valence-electron chi connectivity index (χ4n) is 3.42. The third-order valence-electron chi connectivity index (χ3n) is 5.16. The smallest absolute Gasteiger partial charge is 0.394 e. The van der Waals surface area contributed by atoms with Crippen LogP contribution in [0.4, 0.5) is 5.00 Å². The standard InChI is InChI=1S/C23H22N2O10S/c1-33-15-6-4-11(7-16(15)34-2)3-5-14(26)19(27)24-9-12-8-13-17(10-35-12)36-21(18(13)22(29)30)25-20(28)23(31)32/h3-7,12H,8-10H2,1-2H3,(H,24,27)(H,25,28)(H,29,30)(H,31,32). The third-order valence-corrected chi connectivity index (χ3v) is 6.28. The Morgan fingerprint density at radius 1 is 1.11 bits per heavy atom. The van der Waals surface area contributed by atoms with E-state index in [-0.39, 0.29) is 30.1 Å². The largest absolute Gasteiger partial charge is 0.493 e. The highest BCUT2D eigenvalue weighted by molar-refractivity contribution is 7.17. The van der Waals surface area contributed by atoms with E-state index in [2.05, 4.69) is 10.6 Å². The number of hydrogen-bond acceptors (Lipinski definition) is 9. The number of rotatable bonds is 9. The Morgan fingerprint density at radius 3 is 2.47 bits per heavy atom. The van der Waals surface area contributed by atoms with Gasteiger partial charge in [0.05, 0.1) is 32.5 Å². The van der Waals surface area contributed by atoms with Crippen molar-refractivity contribution in [2.24, 2.45) is 0 Å². The van der Waals surface area contributed by atoms with Gasteiger partial charge >= 0.3 is 17.8 Å². The monoisotopic (exact) mass is 518 g/mol. The summed E-state index contributed by atoms with van der Waals surface area (Å²) in [6, 6.07) is 4.98. The molecule has 2 heterocycles. The van der Waals surface area contributed by atoms with Crippen LogP contribution in [0.25, 0.3) is 6.08 Å². The lowest BCUT2D eigenvalue weighted by atomic mass is 10.0. The second-order valence-corrected chi connectivity index (χ2v) is 8.54. The summed E-state index contributed by atoms with van der Waals surface area (Å²) in [6.45, 7) is -0.0726. The van der Waals surface area contributed by atoms with Crippen LogP contribution < -0.4 is 20.1 Å². The third kappa shape index (κ3) is 6.06. The number of benzene rings is 1. The molecule has 1 aromatic carbocycles. The molecular formula is C23H22N2O10S. The van der Waals surface area contributed by atoms with Crippen LogP contribution in [0.1, 0.15) is 26.4 Å². The molecule has 4 N–H and O–H groups in total. The Balaban J connectivity index is 1.62. The topological polar surface area (TPSA) is 178 Å². The van der Waals surface area contributed by atoms with Gasteiger partial charge in [0.25, 0.3) is 5.91 Å². The molecule has 2 amide bonds. The average molecular weight is 519 g/mol. The molecule has 36 heavy (non-hydrogen) atoms. The van der Waals surface area contributed by atoms with Crippen molar-refractivity contribution in [1.82, 2.24) is 5.32 Å². The van der Waals surface area contributed by atoms with Crippen LogP contribution in [-0.4, -0.2) is 66.6 Å². The number of fused-ring (bicyclic) bond motifs is 1. The van der Waals surface area contributed by atoms with Gasteiger partial charge in [0.15, 0.2) is 11.5 Å². The summed E-state index contributed by atoms with van der Waals surface area (Å²) in [5, 5.41) is 22.8. The maximum atomic E-state index is 12.2.